The van der Waals surface area contributed by atoms with Crippen LogP contribution in [-0.2, 0) is 10.4 Å². The molecule has 0 aromatic heterocycles. The van der Waals surface area contributed by atoms with Crippen molar-refractivity contribution < 1.29 is 24.1 Å². The SMILES string of the molecule is Cc1ccc(OC(C)(C(=O)O)c2ccc(OCCCOc3ccc(Cl)cc3)cc2)cc1C. The van der Waals surface area contributed by atoms with Gasteiger partial charge in [-0.3, -0.25) is 0 Å². The molecule has 0 spiro atoms. The summed E-state index contributed by atoms with van der Waals surface area (Å²) < 4.78 is 17.3. The van der Waals surface area contributed by atoms with Gasteiger partial charge in [0.2, 0.25) is 5.60 Å². The predicted octanol–water partition coefficient (Wildman–Crippen LogP) is 6.18. The van der Waals surface area contributed by atoms with Gasteiger partial charge in [-0.2, -0.15) is 0 Å². The van der Waals surface area contributed by atoms with Gasteiger partial charge in [0, 0.05) is 17.0 Å². The number of carboxylic acid groups (broad SMARTS) is 1. The summed E-state index contributed by atoms with van der Waals surface area (Å²) >= 11 is 5.86. The fraction of sp³-hybridized carbons (Fsp3) is 0.269. The highest BCUT2D eigenvalue weighted by Gasteiger charge is 2.38. The maximum atomic E-state index is 12.1. The first-order chi connectivity index (χ1) is 15.3. The molecular formula is C26H27ClO5. The molecule has 0 saturated carbocycles. The Hall–Kier alpha value is -3.18. The Labute approximate surface area is 193 Å². The van der Waals surface area contributed by atoms with Crippen molar-refractivity contribution in [1.82, 2.24) is 0 Å². The van der Waals surface area contributed by atoms with Crippen LogP contribution in [-0.4, -0.2) is 24.3 Å². The lowest BCUT2D eigenvalue weighted by molar-refractivity contribution is -0.154. The maximum absolute atomic E-state index is 12.1. The second-order valence-electron chi connectivity index (χ2n) is 7.72. The fourth-order valence-electron chi connectivity index (χ4n) is 3.08. The normalized spacial score (nSPS) is 12.6. The lowest BCUT2D eigenvalue weighted by Gasteiger charge is -2.27. The van der Waals surface area contributed by atoms with Gasteiger partial charge in [0.1, 0.15) is 17.2 Å². The van der Waals surface area contributed by atoms with E-state index in [2.05, 4.69) is 0 Å². The van der Waals surface area contributed by atoms with Gasteiger partial charge in [-0.1, -0.05) is 29.8 Å². The van der Waals surface area contributed by atoms with E-state index in [1.165, 1.54) is 0 Å². The molecule has 5 nitrogen and oxygen atoms in total. The van der Waals surface area contributed by atoms with Crippen molar-refractivity contribution in [3.8, 4) is 17.2 Å². The zero-order valence-corrected chi connectivity index (χ0v) is 19.2. The van der Waals surface area contributed by atoms with Crippen molar-refractivity contribution in [2.75, 3.05) is 13.2 Å². The summed E-state index contributed by atoms with van der Waals surface area (Å²) in [6, 6.07) is 19.7. The van der Waals surface area contributed by atoms with Crippen molar-refractivity contribution in [2.45, 2.75) is 32.8 Å². The molecule has 1 atom stereocenters. The predicted molar refractivity (Wildman–Crippen MR) is 125 cm³/mol. The van der Waals surface area contributed by atoms with E-state index < -0.39 is 11.6 Å². The third-order valence-electron chi connectivity index (χ3n) is 5.25. The van der Waals surface area contributed by atoms with E-state index in [0.29, 0.717) is 41.7 Å². The van der Waals surface area contributed by atoms with E-state index in [9.17, 15) is 9.90 Å². The van der Waals surface area contributed by atoms with Crippen LogP contribution in [0.2, 0.25) is 5.02 Å². The van der Waals surface area contributed by atoms with Gasteiger partial charge in [-0.15, -0.1) is 0 Å². The first kappa shape index (κ1) is 23.5. The lowest BCUT2D eigenvalue weighted by Crippen LogP contribution is -2.38. The average molecular weight is 455 g/mol. The van der Waals surface area contributed by atoms with Crippen molar-refractivity contribution in [1.29, 1.82) is 0 Å². The number of halogens is 1. The molecule has 0 heterocycles. The van der Waals surface area contributed by atoms with Gasteiger partial charge in [0.05, 0.1) is 13.2 Å². The first-order valence-corrected chi connectivity index (χ1v) is 10.8. The van der Waals surface area contributed by atoms with Crippen LogP contribution in [0.15, 0.2) is 66.7 Å². The molecule has 3 aromatic rings. The second-order valence-corrected chi connectivity index (χ2v) is 8.15. The van der Waals surface area contributed by atoms with Crippen LogP contribution in [0.4, 0.5) is 0 Å². The van der Waals surface area contributed by atoms with Crippen LogP contribution in [0.25, 0.3) is 0 Å². The lowest BCUT2D eigenvalue weighted by atomic mass is 9.95. The average Bonchev–Trinajstić information content (AvgIpc) is 2.77. The minimum Gasteiger partial charge on any atom is -0.493 e. The van der Waals surface area contributed by atoms with Crippen LogP contribution in [0.1, 0.15) is 30.0 Å². The van der Waals surface area contributed by atoms with Gasteiger partial charge in [0.15, 0.2) is 0 Å². The third kappa shape index (κ3) is 5.95. The highest BCUT2D eigenvalue weighted by molar-refractivity contribution is 6.30. The first-order valence-electron chi connectivity index (χ1n) is 10.4. The molecule has 0 bridgehead atoms. The smallest absolute Gasteiger partial charge is 0.352 e. The second kappa shape index (κ2) is 10.4. The Morgan fingerprint density at radius 1 is 0.844 bits per heavy atom. The van der Waals surface area contributed by atoms with E-state index >= 15 is 0 Å². The van der Waals surface area contributed by atoms with Crippen LogP contribution < -0.4 is 14.2 Å². The minimum absolute atomic E-state index is 0.474. The molecule has 0 radical (unpaired) electrons. The van der Waals surface area contributed by atoms with Crippen LogP contribution in [0.5, 0.6) is 17.2 Å². The maximum Gasteiger partial charge on any atom is 0.352 e. The molecule has 3 rings (SSSR count). The van der Waals surface area contributed by atoms with Gasteiger partial charge >= 0.3 is 5.97 Å². The van der Waals surface area contributed by atoms with E-state index in [1.54, 1.807) is 49.4 Å². The molecule has 0 saturated heterocycles. The summed E-state index contributed by atoms with van der Waals surface area (Å²) in [6.07, 6.45) is 0.701. The number of carboxylic acids is 1. The fourth-order valence-corrected chi connectivity index (χ4v) is 3.20. The molecule has 1 unspecified atom stereocenters. The molecule has 0 aliphatic rings. The number of rotatable bonds is 10. The summed E-state index contributed by atoms with van der Waals surface area (Å²) in [7, 11) is 0. The molecule has 3 aromatic carbocycles. The molecule has 0 amide bonds. The summed E-state index contributed by atoms with van der Waals surface area (Å²) in [6.45, 7) is 6.50. The van der Waals surface area contributed by atoms with Crippen LogP contribution in [0.3, 0.4) is 0 Å². The van der Waals surface area contributed by atoms with Crippen molar-refractivity contribution >= 4 is 17.6 Å². The number of aliphatic carboxylic acids is 1. The van der Waals surface area contributed by atoms with E-state index in [-0.39, 0.29) is 0 Å². The summed E-state index contributed by atoms with van der Waals surface area (Å²) in [5.74, 6) is 0.859. The Morgan fingerprint density at radius 2 is 1.38 bits per heavy atom. The van der Waals surface area contributed by atoms with E-state index in [1.807, 2.05) is 38.1 Å². The number of ether oxygens (including phenoxy) is 3. The Bertz CT molecular complexity index is 1050. The summed E-state index contributed by atoms with van der Waals surface area (Å²) in [5.41, 5.74) is 1.17. The standard InChI is InChI=1S/C26H27ClO5/c1-18-5-10-24(17-19(18)2)32-26(3,25(28)29)20-6-11-22(12-7-20)30-15-4-16-31-23-13-8-21(27)9-14-23/h5-14,17H,4,15-16H2,1-3H3,(H,28,29). The minimum atomic E-state index is -1.52. The number of hydrogen-bond donors (Lipinski definition) is 1. The quantitative estimate of drug-likeness (QED) is 0.370. The highest BCUT2D eigenvalue weighted by atomic mass is 35.5. The number of hydrogen-bond acceptors (Lipinski definition) is 4. The zero-order chi connectivity index (χ0) is 23.1. The zero-order valence-electron chi connectivity index (χ0n) is 18.4. The van der Waals surface area contributed by atoms with Crippen molar-refractivity contribution in [3.05, 3.63) is 88.4 Å². The molecule has 1 N–H and O–H groups in total. The number of benzene rings is 3. The van der Waals surface area contributed by atoms with Crippen molar-refractivity contribution in [2.24, 2.45) is 0 Å². The Balaban J connectivity index is 1.56. The largest absolute Gasteiger partial charge is 0.493 e. The van der Waals surface area contributed by atoms with Gasteiger partial charge < -0.3 is 19.3 Å². The third-order valence-corrected chi connectivity index (χ3v) is 5.51. The number of aryl methyl sites for hydroxylation is 2. The Kier molecular flexibility index (Phi) is 7.65. The molecule has 0 fully saturated rings. The van der Waals surface area contributed by atoms with Crippen LogP contribution in [0, 0.1) is 13.8 Å². The van der Waals surface area contributed by atoms with Gasteiger partial charge in [-0.05, 0) is 80.4 Å². The molecule has 0 aliphatic heterocycles. The topological polar surface area (TPSA) is 65.0 Å². The molecule has 32 heavy (non-hydrogen) atoms. The summed E-state index contributed by atoms with van der Waals surface area (Å²) in [4.78, 5) is 12.1. The number of carbonyl (C=O) groups is 1. The van der Waals surface area contributed by atoms with Gasteiger partial charge in [-0.25, -0.2) is 4.79 Å². The molecule has 168 valence electrons. The van der Waals surface area contributed by atoms with Gasteiger partial charge in [0.25, 0.3) is 0 Å². The van der Waals surface area contributed by atoms with Crippen molar-refractivity contribution in [3.63, 3.8) is 0 Å². The monoisotopic (exact) mass is 454 g/mol. The molecular weight excluding hydrogens is 428 g/mol. The van der Waals surface area contributed by atoms with E-state index in [4.69, 9.17) is 25.8 Å². The van der Waals surface area contributed by atoms with Crippen LogP contribution >= 0.6 is 11.6 Å². The molecule has 0 aliphatic carbocycles. The highest BCUT2D eigenvalue weighted by Crippen LogP contribution is 2.31. The summed E-state index contributed by atoms with van der Waals surface area (Å²) in [5, 5.41) is 10.5. The molecule has 6 heteroatoms. The Morgan fingerprint density at radius 3 is 1.91 bits per heavy atom. The van der Waals surface area contributed by atoms with E-state index in [0.717, 1.165) is 16.9 Å².